The average Bonchev–Trinajstić information content (AvgIpc) is 3.27. The Morgan fingerprint density at radius 1 is 1.03 bits per heavy atom. The van der Waals surface area contributed by atoms with Crippen LogP contribution in [0.5, 0.6) is 5.88 Å². The van der Waals surface area contributed by atoms with Crippen molar-refractivity contribution in [3.8, 4) is 5.88 Å². The molecule has 1 N–H and O–H groups in total. The van der Waals surface area contributed by atoms with E-state index in [0.717, 1.165) is 46.7 Å². The summed E-state index contributed by atoms with van der Waals surface area (Å²) in [5.41, 5.74) is 3.53. The molecule has 5 rings (SSSR count). The minimum Gasteiger partial charge on any atom is -0.492 e. The van der Waals surface area contributed by atoms with Crippen molar-refractivity contribution < 1.29 is 5.11 Å². The predicted molar refractivity (Wildman–Crippen MR) is 126 cm³/mol. The summed E-state index contributed by atoms with van der Waals surface area (Å²) < 4.78 is 1.55. The zero-order valence-corrected chi connectivity index (χ0v) is 19.1. The van der Waals surface area contributed by atoms with Gasteiger partial charge in [-0.05, 0) is 37.6 Å². The molecule has 0 saturated carbocycles. The summed E-state index contributed by atoms with van der Waals surface area (Å²) in [5.74, 6) is 0.846. The Kier molecular flexibility index (Phi) is 5.33. The lowest BCUT2D eigenvalue weighted by atomic mass is 10.0. The molecule has 0 bridgehead atoms. The van der Waals surface area contributed by atoms with E-state index >= 15 is 0 Å². The third-order valence-corrected chi connectivity index (χ3v) is 7.11. The maximum absolute atomic E-state index is 11.0. The van der Waals surface area contributed by atoms with Crippen molar-refractivity contribution in [1.82, 2.24) is 19.5 Å². The summed E-state index contributed by atoms with van der Waals surface area (Å²) in [5, 5.41) is 16.1. The second kappa shape index (κ2) is 8.15. The minimum absolute atomic E-state index is 0.0454. The fraction of sp³-hybridized carbons (Fsp3) is 0.304. The Morgan fingerprint density at radius 3 is 2.45 bits per heavy atom. The van der Waals surface area contributed by atoms with Crippen LogP contribution in [0.2, 0.25) is 5.02 Å². The molecule has 1 aliphatic heterocycles. The van der Waals surface area contributed by atoms with Gasteiger partial charge in [0.05, 0.1) is 10.9 Å². The number of hydrogen-bond acceptors (Lipinski definition) is 6. The van der Waals surface area contributed by atoms with Crippen LogP contribution < -0.4 is 4.90 Å². The number of piperazine rings is 1. The minimum atomic E-state index is -0.0454. The highest BCUT2D eigenvalue weighted by Gasteiger charge is 2.31. The molecule has 1 unspecified atom stereocenters. The molecule has 0 spiro atoms. The van der Waals surface area contributed by atoms with E-state index in [-0.39, 0.29) is 11.9 Å². The lowest BCUT2D eigenvalue weighted by molar-refractivity contribution is 0.211. The van der Waals surface area contributed by atoms with Crippen LogP contribution in [-0.2, 0) is 0 Å². The van der Waals surface area contributed by atoms with Crippen LogP contribution in [-0.4, -0.2) is 50.8 Å². The molecule has 0 amide bonds. The lowest BCUT2D eigenvalue weighted by Gasteiger charge is -2.40. The largest absolute Gasteiger partial charge is 0.492 e. The maximum Gasteiger partial charge on any atom is 0.230 e. The Labute approximate surface area is 190 Å². The van der Waals surface area contributed by atoms with Gasteiger partial charge in [-0.1, -0.05) is 58.8 Å². The summed E-state index contributed by atoms with van der Waals surface area (Å²) in [4.78, 5) is 10.9. The van der Waals surface area contributed by atoms with Gasteiger partial charge in [0.25, 0.3) is 0 Å². The number of anilines is 1. The summed E-state index contributed by atoms with van der Waals surface area (Å²) >= 11 is 7.71. The number of hydrogen-bond donors (Lipinski definition) is 1. The molecular formula is C23H24ClN5OS. The van der Waals surface area contributed by atoms with E-state index in [1.165, 1.54) is 22.5 Å². The van der Waals surface area contributed by atoms with Gasteiger partial charge in [0.15, 0.2) is 0 Å². The van der Waals surface area contributed by atoms with Crippen LogP contribution in [0.25, 0.3) is 4.96 Å². The topological polar surface area (TPSA) is 56.9 Å². The normalized spacial score (nSPS) is 16.2. The number of halogens is 1. The van der Waals surface area contributed by atoms with Crippen molar-refractivity contribution in [2.45, 2.75) is 19.9 Å². The van der Waals surface area contributed by atoms with Crippen LogP contribution in [0, 0.1) is 13.8 Å². The summed E-state index contributed by atoms with van der Waals surface area (Å²) in [6.45, 7) is 7.46. The van der Waals surface area contributed by atoms with Gasteiger partial charge in [-0.25, -0.2) is 4.98 Å². The van der Waals surface area contributed by atoms with E-state index in [9.17, 15) is 5.11 Å². The number of rotatable bonds is 4. The van der Waals surface area contributed by atoms with Crippen LogP contribution in [0.1, 0.15) is 27.9 Å². The first-order valence-electron chi connectivity index (χ1n) is 10.4. The number of fused-ring (bicyclic) bond motifs is 1. The first-order valence-corrected chi connectivity index (χ1v) is 11.6. The highest BCUT2D eigenvalue weighted by Crippen LogP contribution is 2.40. The smallest absolute Gasteiger partial charge is 0.230 e. The van der Waals surface area contributed by atoms with E-state index in [1.807, 2.05) is 25.1 Å². The van der Waals surface area contributed by atoms with Crippen molar-refractivity contribution in [2.75, 3.05) is 31.1 Å². The molecule has 1 fully saturated rings. The molecule has 1 aliphatic rings. The molecule has 2 aromatic heterocycles. The molecule has 3 heterocycles. The Balaban J connectivity index is 1.47. The quantitative estimate of drug-likeness (QED) is 0.486. The van der Waals surface area contributed by atoms with Crippen molar-refractivity contribution in [1.29, 1.82) is 0 Å². The number of aryl methyl sites for hydroxylation is 2. The van der Waals surface area contributed by atoms with Gasteiger partial charge < -0.3 is 10.0 Å². The SMILES string of the molecule is Cc1ccc(C(c2sc3nc(C)nn3c2O)N2CCN(c3cccc(Cl)c3)CC2)cc1. The second-order valence-corrected chi connectivity index (χ2v) is 9.40. The van der Waals surface area contributed by atoms with E-state index in [1.54, 1.807) is 4.52 Å². The van der Waals surface area contributed by atoms with Crippen LogP contribution >= 0.6 is 22.9 Å². The van der Waals surface area contributed by atoms with E-state index < -0.39 is 0 Å². The molecule has 160 valence electrons. The number of aromatic nitrogens is 3. The Bertz CT molecular complexity index is 1210. The van der Waals surface area contributed by atoms with E-state index in [0.29, 0.717) is 5.82 Å². The van der Waals surface area contributed by atoms with Crippen molar-refractivity contribution in [3.05, 3.63) is 75.4 Å². The first-order chi connectivity index (χ1) is 15.0. The Hall–Kier alpha value is -2.61. The van der Waals surface area contributed by atoms with Crippen LogP contribution in [0.3, 0.4) is 0 Å². The average molecular weight is 454 g/mol. The number of thiazole rings is 1. The van der Waals surface area contributed by atoms with Crippen molar-refractivity contribution >= 4 is 33.6 Å². The molecule has 6 nitrogen and oxygen atoms in total. The molecule has 1 atom stereocenters. The maximum atomic E-state index is 11.0. The first kappa shape index (κ1) is 20.3. The summed E-state index contributed by atoms with van der Waals surface area (Å²) in [6, 6.07) is 16.5. The van der Waals surface area contributed by atoms with Crippen molar-refractivity contribution in [3.63, 3.8) is 0 Å². The fourth-order valence-corrected chi connectivity index (χ4v) is 5.56. The standard InChI is InChI=1S/C23H24ClN5OS/c1-15-6-8-17(9-7-15)20(21-22(30)29-23(31-21)25-16(2)26-29)28-12-10-27(11-13-28)19-5-3-4-18(24)14-19/h3-9,14,20,30H,10-13H2,1-2H3. The van der Waals surface area contributed by atoms with E-state index in [4.69, 9.17) is 11.6 Å². The zero-order chi connectivity index (χ0) is 21.5. The summed E-state index contributed by atoms with van der Waals surface area (Å²) in [7, 11) is 0. The summed E-state index contributed by atoms with van der Waals surface area (Å²) in [6.07, 6.45) is 0. The van der Waals surface area contributed by atoms with Gasteiger partial charge >= 0.3 is 0 Å². The third-order valence-electron chi connectivity index (χ3n) is 5.80. The van der Waals surface area contributed by atoms with Gasteiger partial charge in [0, 0.05) is 36.9 Å². The Morgan fingerprint density at radius 2 is 1.77 bits per heavy atom. The fourth-order valence-electron chi connectivity index (χ4n) is 4.21. The van der Waals surface area contributed by atoms with Crippen LogP contribution in [0.15, 0.2) is 48.5 Å². The number of nitrogens with zero attached hydrogens (tertiary/aromatic N) is 5. The van der Waals surface area contributed by atoms with Gasteiger partial charge in [0.1, 0.15) is 5.82 Å². The molecule has 8 heteroatoms. The monoisotopic (exact) mass is 453 g/mol. The zero-order valence-electron chi connectivity index (χ0n) is 17.5. The molecule has 31 heavy (non-hydrogen) atoms. The number of benzene rings is 2. The van der Waals surface area contributed by atoms with Gasteiger partial charge in [-0.15, -0.1) is 5.10 Å². The molecule has 0 aliphatic carbocycles. The third kappa shape index (κ3) is 3.89. The van der Waals surface area contributed by atoms with Crippen LogP contribution in [0.4, 0.5) is 5.69 Å². The highest BCUT2D eigenvalue weighted by atomic mass is 35.5. The van der Waals surface area contributed by atoms with Gasteiger partial charge in [-0.2, -0.15) is 4.52 Å². The predicted octanol–water partition coefficient (Wildman–Crippen LogP) is 4.68. The lowest BCUT2D eigenvalue weighted by Crippen LogP contribution is -2.47. The molecule has 2 aromatic carbocycles. The van der Waals surface area contributed by atoms with E-state index in [2.05, 4.69) is 57.1 Å². The van der Waals surface area contributed by atoms with Crippen molar-refractivity contribution in [2.24, 2.45) is 0 Å². The molecular weight excluding hydrogens is 430 g/mol. The second-order valence-electron chi connectivity index (χ2n) is 7.96. The molecule has 1 saturated heterocycles. The molecule has 4 aromatic rings. The molecule has 0 radical (unpaired) electrons. The van der Waals surface area contributed by atoms with Gasteiger partial charge in [0.2, 0.25) is 10.8 Å². The van der Waals surface area contributed by atoms with Gasteiger partial charge in [-0.3, -0.25) is 4.90 Å². The number of aromatic hydroxyl groups is 1. The highest BCUT2D eigenvalue weighted by molar-refractivity contribution is 7.17.